The van der Waals surface area contributed by atoms with Crippen molar-refractivity contribution in [2.75, 3.05) is 23.6 Å². The van der Waals surface area contributed by atoms with E-state index >= 15 is 0 Å². The van der Waals surface area contributed by atoms with Crippen molar-refractivity contribution < 1.29 is 14.7 Å². The summed E-state index contributed by atoms with van der Waals surface area (Å²) in [5, 5.41) is 14.2. The van der Waals surface area contributed by atoms with Crippen LogP contribution in [0, 0.1) is 0 Å². The normalized spacial score (nSPS) is 10.9. The monoisotopic (exact) mass is 559 g/mol. The van der Waals surface area contributed by atoms with E-state index in [1.165, 1.54) is 70.6 Å². The summed E-state index contributed by atoms with van der Waals surface area (Å²) >= 11 is 0. The summed E-state index contributed by atoms with van der Waals surface area (Å²) in [7, 11) is 1.61. The Morgan fingerprint density at radius 3 is 1.80 bits per heavy atom. The van der Waals surface area contributed by atoms with Crippen LogP contribution in [0.4, 0.5) is 27.5 Å². The number of aliphatic hydroxyl groups excluding tert-OH is 1. The Morgan fingerprint density at radius 2 is 1.22 bits per heavy atom. The number of carbonyl (C=O) groups excluding carboxylic acids is 1. The minimum atomic E-state index is -0.254. The molecule has 41 heavy (non-hydrogen) atoms. The maximum Gasteiger partial charge on any atom is 0.326 e. The van der Waals surface area contributed by atoms with Gasteiger partial charge in [-0.05, 0) is 60.5 Å². The number of amides is 2. The van der Waals surface area contributed by atoms with Gasteiger partial charge in [0, 0.05) is 7.05 Å². The number of para-hydroxylation sites is 1. The van der Waals surface area contributed by atoms with Crippen molar-refractivity contribution >= 4 is 28.8 Å². The predicted molar refractivity (Wildman–Crippen MR) is 171 cm³/mol. The molecule has 3 aromatic carbocycles. The summed E-state index contributed by atoms with van der Waals surface area (Å²) in [6, 6.07) is 24.9. The van der Waals surface area contributed by atoms with Gasteiger partial charge >= 0.3 is 6.03 Å². The fourth-order valence-electron chi connectivity index (χ4n) is 4.99. The van der Waals surface area contributed by atoms with E-state index in [-0.39, 0.29) is 12.6 Å². The molecule has 2 N–H and O–H groups in total. The molecule has 0 spiro atoms. The van der Waals surface area contributed by atoms with Crippen molar-refractivity contribution in [1.82, 2.24) is 5.32 Å². The molecule has 0 saturated heterocycles. The molecular weight excluding hydrogens is 510 g/mol. The minimum absolute atomic E-state index is 0.0864. The standard InChI is InChI=1S/C35H49N3O3/c1-3-4-5-6-7-8-9-10-11-12-13-17-27-41-38(32-20-15-14-16-21-32)33-25-23-31(24-26-33)37(35(40)36-2)34-22-18-19-30(28-34)29-39/h14-16,18-26,28,39H,3-13,17,27,29H2,1-2H3,(H,36,40). The van der Waals surface area contributed by atoms with Gasteiger partial charge in [0.25, 0.3) is 0 Å². The van der Waals surface area contributed by atoms with Crippen LogP contribution in [-0.4, -0.2) is 24.8 Å². The Kier molecular flexibility index (Phi) is 14.8. The van der Waals surface area contributed by atoms with Crippen molar-refractivity contribution in [1.29, 1.82) is 0 Å². The van der Waals surface area contributed by atoms with E-state index in [1.54, 1.807) is 11.9 Å². The third kappa shape index (κ3) is 10.9. The van der Waals surface area contributed by atoms with E-state index < -0.39 is 0 Å². The summed E-state index contributed by atoms with van der Waals surface area (Å²) in [6.45, 7) is 2.83. The van der Waals surface area contributed by atoms with Crippen molar-refractivity contribution in [3.05, 3.63) is 84.4 Å². The molecule has 2 amide bonds. The Labute approximate surface area is 247 Å². The number of urea groups is 1. The van der Waals surface area contributed by atoms with Gasteiger partial charge in [-0.3, -0.25) is 9.74 Å². The molecule has 0 unspecified atom stereocenters. The van der Waals surface area contributed by atoms with Gasteiger partial charge in [-0.25, -0.2) is 9.86 Å². The SMILES string of the molecule is CCCCCCCCCCCCCCON(c1ccccc1)c1ccc(N(C(=O)NC)c2cccc(CO)c2)cc1. The van der Waals surface area contributed by atoms with Crippen LogP contribution in [0.1, 0.15) is 89.5 Å². The van der Waals surface area contributed by atoms with Crippen molar-refractivity contribution in [3.8, 4) is 0 Å². The highest BCUT2D eigenvalue weighted by Gasteiger charge is 2.18. The van der Waals surface area contributed by atoms with Crippen LogP contribution < -0.4 is 15.3 Å². The molecule has 0 saturated carbocycles. The number of nitrogens with one attached hydrogen (secondary N) is 1. The van der Waals surface area contributed by atoms with Crippen LogP contribution in [0.15, 0.2) is 78.9 Å². The maximum atomic E-state index is 12.8. The van der Waals surface area contributed by atoms with Gasteiger partial charge in [-0.2, -0.15) is 0 Å². The molecule has 0 aromatic heterocycles. The zero-order valence-electron chi connectivity index (χ0n) is 25.1. The lowest BCUT2D eigenvalue weighted by molar-refractivity contribution is 0.131. The lowest BCUT2D eigenvalue weighted by Gasteiger charge is -2.26. The lowest BCUT2D eigenvalue weighted by atomic mass is 10.1. The van der Waals surface area contributed by atoms with Crippen LogP contribution in [0.3, 0.4) is 0 Å². The van der Waals surface area contributed by atoms with Crippen molar-refractivity contribution in [2.45, 2.75) is 90.6 Å². The van der Waals surface area contributed by atoms with Gasteiger partial charge in [0.15, 0.2) is 0 Å². The maximum absolute atomic E-state index is 12.8. The number of hydrogen-bond acceptors (Lipinski definition) is 4. The van der Waals surface area contributed by atoms with Gasteiger partial charge < -0.3 is 10.4 Å². The first kappa shape index (κ1) is 32.2. The zero-order chi connectivity index (χ0) is 29.1. The van der Waals surface area contributed by atoms with Gasteiger partial charge in [0.05, 0.1) is 36.0 Å². The van der Waals surface area contributed by atoms with E-state index in [9.17, 15) is 9.90 Å². The van der Waals surface area contributed by atoms with Crippen LogP contribution >= 0.6 is 0 Å². The average molecular weight is 560 g/mol. The second-order valence-corrected chi connectivity index (χ2v) is 10.6. The first-order chi connectivity index (χ1) is 20.2. The second kappa shape index (κ2) is 18.9. The number of carbonyl (C=O) groups is 1. The molecule has 0 heterocycles. The number of aliphatic hydroxyl groups is 1. The molecule has 0 aliphatic rings. The first-order valence-corrected chi connectivity index (χ1v) is 15.5. The van der Waals surface area contributed by atoms with Crippen LogP contribution in [0.5, 0.6) is 0 Å². The Hall–Kier alpha value is -3.35. The van der Waals surface area contributed by atoms with E-state index in [0.29, 0.717) is 12.3 Å². The number of hydrogen-bond donors (Lipinski definition) is 2. The molecule has 3 aromatic rings. The molecule has 0 fully saturated rings. The van der Waals surface area contributed by atoms with Gasteiger partial charge in [0.2, 0.25) is 0 Å². The highest BCUT2D eigenvalue weighted by Crippen LogP contribution is 2.31. The molecule has 0 atom stereocenters. The molecule has 0 aliphatic carbocycles. The minimum Gasteiger partial charge on any atom is -0.392 e. The van der Waals surface area contributed by atoms with E-state index in [2.05, 4.69) is 12.2 Å². The summed E-state index contributed by atoms with van der Waals surface area (Å²) < 4.78 is 0. The topological polar surface area (TPSA) is 65.0 Å². The largest absolute Gasteiger partial charge is 0.392 e. The van der Waals surface area contributed by atoms with Crippen LogP contribution in [0.2, 0.25) is 0 Å². The van der Waals surface area contributed by atoms with Crippen LogP contribution in [0.25, 0.3) is 0 Å². The molecule has 222 valence electrons. The third-order valence-electron chi connectivity index (χ3n) is 7.32. The van der Waals surface area contributed by atoms with E-state index in [4.69, 9.17) is 4.84 Å². The van der Waals surface area contributed by atoms with Crippen molar-refractivity contribution in [3.63, 3.8) is 0 Å². The predicted octanol–water partition coefficient (Wildman–Crippen LogP) is 9.43. The summed E-state index contributed by atoms with van der Waals surface area (Å²) in [6.07, 6.45) is 15.7. The third-order valence-corrected chi connectivity index (χ3v) is 7.32. The number of rotatable bonds is 19. The number of nitrogens with zero attached hydrogens (tertiary/aromatic N) is 2. The number of unbranched alkanes of at least 4 members (excludes halogenated alkanes) is 11. The molecular formula is C35H49N3O3. The fourth-order valence-corrected chi connectivity index (χ4v) is 4.99. The summed E-state index contributed by atoms with van der Waals surface area (Å²) in [5.41, 5.74) is 4.00. The van der Waals surface area contributed by atoms with E-state index in [0.717, 1.165) is 29.0 Å². The Bertz CT molecular complexity index is 1120. The molecule has 6 heteroatoms. The molecule has 0 bridgehead atoms. The Morgan fingerprint density at radius 1 is 0.683 bits per heavy atom. The summed E-state index contributed by atoms with van der Waals surface area (Å²) in [4.78, 5) is 20.7. The highest BCUT2D eigenvalue weighted by atomic mass is 16.7. The first-order valence-electron chi connectivity index (χ1n) is 15.5. The molecule has 6 nitrogen and oxygen atoms in total. The zero-order valence-corrected chi connectivity index (χ0v) is 25.1. The summed E-state index contributed by atoms with van der Waals surface area (Å²) in [5.74, 6) is 0. The Balaban J connectivity index is 1.55. The average Bonchev–Trinajstić information content (AvgIpc) is 3.02. The van der Waals surface area contributed by atoms with E-state index in [1.807, 2.05) is 83.9 Å². The quantitative estimate of drug-likeness (QED) is 0.113. The number of anilines is 4. The smallest absolute Gasteiger partial charge is 0.326 e. The number of benzene rings is 3. The lowest BCUT2D eigenvalue weighted by Crippen LogP contribution is -2.34. The van der Waals surface area contributed by atoms with Crippen LogP contribution in [-0.2, 0) is 11.4 Å². The second-order valence-electron chi connectivity index (χ2n) is 10.6. The fraction of sp³-hybridized carbons (Fsp3) is 0.457. The van der Waals surface area contributed by atoms with Gasteiger partial charge in [0.1, 0.15) is 0 Å². The van der Waals surface area contributed by atoms with Gasteiger partial charge in [-0.15, -0.1) is 0 Å². The highest BCUT2D eigenvalue weighted by molar-refractivity contribution is 5.99. The van der Waals surface area contributed by atoms with Gasteiger partial charge in [-0.1, -0.05) is 108 Å². The molecule has 3 rings (SSSR count). The molecule has 0 radical (unpaired) electrons. The van der Waals surface area contributed by atoms with Crippen molar-refractivity contribution in [2.24, 2.45) is 0 Å². The molecule has 0 aliphatic heterocycles.